The summed E-state index contributed by atoms with van der Waals surface area (Å²) in [5.74, 6) is 1.51. The Morgan fingerprint density at radius 1 is 1.14 bits per heavy atom. The molecule has 1 aliphatic heterocycles. The molecule has 1 aliphatic carbocycles. The molecule has 1 aromatic carbocycles. The molecular formula is C18H26N2O. The second-order valence-electron chi connectivity index (χ2n) is 7.00. The number of benzene rings is 1. The van der Waals surface area contributed by atoms with Gasteiger partial charge in [0.2, 0.25) is 5.91 Å². The van der Waals surface area contributed by atoms with Gasteiger partial charge in [-0.05, 0) is 36.7 Å². The van der Waals surface area contributed by atoms with Crippen molar-refractivity contribution >= 4 is 5.91 Å². The first-order chi connectivity index (χ1) is 10.1. The summed E-state index contributed by atoms with van der Waals surface area (Å²) in [5.41, 5.74) is 1.12. The quantitative estimate of drug-likeness (QED) is 0.923. The predicted molar refractivity (Wildman–Crippen MR) is 84.9 cm³/mol. The number of carbonyl (C=O) groups excluding carboxylic acids is 1. The van der Waals surface area contributed by atoms with Crippen molar-refractivity contribution in [1.29, 1.82) is 0 Å². The summed E-state index contributed by atoms with van der Waals surface area (Å²) in [5, 5.41) is 3.20. The van der Waals surface area contributed by atoms with Crippen LogP contribution < -0.4 is 5.32 Å². The zero-order valence-corrected chi connectivity index (χ0v) is 13.1. The van der Waals surface area contributed by atoms with Crippen LogP contribution in [0.3, 0.4) is 0 Å². The monoisotopic (exact) mass is 286 g/mol. The fraction of sp³-hybridized carbons (Fsp3) is 0.611. The van der Waals surface area contributed by atoms with Gasteiger partial charge in [0.1, 0.15) is 6.04 Å². The summed E-state index contributed by atoms with van der Waals surface area (Å²) < 4.78 is 0. The zero-order chi connectivity index (χ0) is 14.8. The summed E-state index contributed by atoms with van der Waals surface area (Å²) >= 11 is 0. The van der Waals surface area contributed by atoms with Crippen LogP contribution in [-0.4, -0.2) is 29.9 Å². The third-order valence-electron chi connectivity index (χ3n) is 4.55. The average Bonchev–Trinajstić information content (AvgIpc) is 3.23. The lowest BCUT2D eigenvalue weighted by Crippen LogP contribution is -2.47. The van der Waals surface area contributed by atoms with Crippen molar-refractivity contribution in [3.63, 3.8) is 0 Å². The first kappa shape index (κ1) is 14.6. The van der Waals surface area contributed by atoms with Crippen LogP contribution >= 0.6 is 0 Å². The Morgan fingerprint density at radius 3 is 2.33 bits per heavy atom. The highest BCUT2D eigenvalue weighted by atomic mass is 16.2. The Hall–Kier alpha value is -1.35. The standard InChI is InChI=1S/C18H26N2O/c1-13-10-14(2)12-20(11-13)17(15-6-4-3-5-7-15)18(21)19-16-8-9-16/h3-7,13-14,16-17H,8-12H2,1-2H3,(H,19,21)/t13-,14-,17+/m1/s1. The maximum absolute atomic E-state index is 12.8. The zero-order valence-electron chi connectivity index (χ0n) is 13.1. The highest BCUT2D eigenvalue weighted by molar-refractivity contribution is 5.83. The smallest absolute Gasteiger partial charge is 0.242 e. The van der Waals surface area contributed by atoms with Gasteiger partial charge < -0.3 is 5.32 Å². The lowest BCUT2D eigenvalue weighted by atomic mass is 9.89. The van der Waals surface area contributed by atoms with Crippen molar-refractivity contribution in [2.24, 2.45) is 11.8 Å². The number of nitrogens with zero attached hydrogens (tertiary/aromatic N) is 1. The van der Waals surface area contributed by atoms with E-state index >= 15 is 0 Å². The van der Waals surface area contributed by atoms with E-state index in [0.717, 1.165) is 31.5 Å². The van der Waals surface area contributed by atoms with E-state index in [0.29, 0.717) is 17.9 Å². The Morgan fingerprint density at radius 2 is 1.76 bits per heavy atom. The Kier molecular flexibility index (Phi) is 4.29. The molecule has 1 heterocycles. The van der Waals surface area contributed by atoms with E-state index in [1.54, 1.807) is 0 Å². The van der Waals surface area contributed by atoms with E-state index in [1.807, 2.05) is 18.2 Å². The summed E-state index contributed by atoms with van der Waals surface area (Å²) in [6.45, 7) is 6.62. The van der Waals surface area contributed by atoms with Gasteiger partial charge in [0.05, 0.1) is 0 Å². The fourth-order valence-corrected chi connectivity index (χ4v) is 3.59. The lowest BCUT2D eigenvalue weighted by Gasteiger charge is -2.39. The second kappa shape index (κ2) is 6.18. The molecule has 1 amide bonds. The van der Waals surface area contributed by atoms with Gasteiger partial charge in [0, 0.05) is 19.1 Å². The van der Waals surface area contributed by atoms with Crippen LogP contribution in [0.1, 0.15) is 44.7 Å². The molecule has 1 saturated carbocycles. The van der Waals surface area contributed by atoms with Gasteiger partial charge in [0.25, 0.3) is 0 Å². The molecule has 0 radical (unpaired) electrons. The number of hydrogen-bond donors (Lipinski definition) is 1. The van der Waals surface area contributed by atoms with Crippen molar-refractivity contribution in [2.45, 2.75) is 45.2 Å². The molecule has 1 aromatic rings. The molecule has 0 unspecified atom stereocenters. The largest absolute Gasteiger partial charge is 0.352 e. The summed E-state index contributed by atoms with van der Waals surface area (Å²) in [7, 11) is 0. The van der Waals surface area contributed by atoms with Crippen molar-refractivity contribution in [1.82, 2.24) is 10.2 Å². The van der Waals surface area contributed by atoms with Crippen LogP contribution in [0.4, 0.5) is 0 Å². The maximum Gasteiger partial charge on any atom is 0.242 e. The molecule has 0 aromatic heterocycles. The van der Waals surface area contributed by atoms with E-state index in [9.17, 15) is 4.79 Å². The highest BCUT2D eigenvalue weighted by Crippen LogP contribution is 2.30. The minimum atomic E-state index is -0.128. The molecule has 21 heavy (non-hydrogen) atoms. The first-order valence-corrected chi connectivity index (χ1v) is 8.23. The molecule has 114 valence electrons. The predicted octanol–water partition coefficient (Wildman–Crippen LogP) is 2.98. The topological polar surface area (TPSA) is 32.3 Å². The summed E-state index contributed by atoms with van der Waals surface area (Å²) in [6.07, 6.45) is 3.54. The molecular weight excluding hydrogens is 260 g/mol. The Bertz CT molecular complexity index is 473. The maximum atomic E-state index is 12.8. The molecule has 1 saturated heterocycles. The van der Waals surface area contributed by atoms with Gasteiger partial charge >= 0.3 is 0 Å². The normalized spacial score (nSPS) is 28.1. The number of amides is 1. The molecule has 0 spiro atoms. The molecule has 3 nitrogen and oxygen atoms in total. The van der Waals surface area contributed by atoms with E-state index < -0.39 is 0 Å². The van der Waals surface area contributed by atoms with Gasteiger partial charge in [-0.25, -0.2) is 0 Å². The van der Waals surface area contributed by atoms with Crippen molar-refractivity contribution in [2.75, 3.05) is 13.1 Å². The molecule has 0 bridgehead atoms. The van der Waals surface area contributed by atoms with Crippen LogP contribution in [-0.2, 0) is 4.79 Å². The fourth-order valence-electron chi connectivity index (χ4n) is 3.59. The SMILES string of the molecule is C[C@@H]1C[C@@H](C)CN([C@H](C(=O)NC2CC2)c2ccccc2)C1. The van der Waals surface area contributed by atoms with Crippen LogP contribution in [0.15, 0.2) is 30.3 Å². The molecule has 2 fully saturated rings. The molecule has 3 rings (SSSR count). The molecule has 1 N–H and O–H groups in total. The minimum absolute atomic E-state index is 0.128. The highest BCUT2D eigenvalue weighted by Gasteiger charge is 2.35. The van der Waals surface area contributed by atoms with Crippen LogP contribution in [0.2, 0.25) is 0 Å². The number of rotatable bonds is 4. The molecule has 2 aliphatic rings. The Balaban J connectivity index is 1.82. The van der Waals surface area contributed by atoms with Gasteiger partial charge in [-0.15, -0.1) is 0 Å². The number of nitrogens with one attached hydrogen (secondary N) is 1. The van der Waals surface area contributed by atoms with Crippen molar-refractivity contribution < 1.29 is 4.79 Å². The van der Waals surface area contributed by atoms with Gasteiger partial charge in [-0.1, -0.05) is 44.2 Å². The van der Waals surface area contributed by atoms with Crippen LogP contribution in [0, 0.1) is 11.8 Å². The number of piperidine rings is 1. The van der Waals surface area contributed by atoms with Crippen LogP contribution in [0.25, 0.3) is 0 Å². The van der Waals surface area contributed by atoms with E-state index in [1.165, 1.54) is 6.42 Å². The molecule has 3 heteroatoms. The average molecular weight is 286 g/mol. The third kappa shape index (κ3) is 3.65. The summed E-state index contributed by atoms with van der Waals surface area (Å²) in [4.78, 5) is 15.1. The van der Waals surface area contributed by atoms with Crippen LogP contribution in [0.5, 0.6) is 0 Å². The molecule has 3 atom stereocenters. The second-order valence-corrected chi connectivity index (χ2v) is 7.00. The van der Waals surface area contributed by atoms with Gasteiger partial charge in [-0.3, -0.25) is 9.69 Å². The van der Waals surface area contributed by atoms with Crippen molar-refractivity contribution in [3.05, 3.63) is 35.9 Å². The van der Waals surface area contributed by atoms with E-state index in [4.69, 9.17) is 0 Å². The van der Waals surface area contributed by atoms with E-state index in [-0.39, 0.29) is 11.9 Å². The number of likely N-dealkylation sites (tertiary alicyclic amines) is 1. The Labute approximate surface area is 127 Å². The third-order valence-corrected chi connectivity index (χ3v) is 4.55. The number of carbonyl (C=O) groups is 1. The minimum Gasteiger partial charge on any atom is -0.352 e. The van der Waals surface area contributed by atoms with Gasteiger partial charge in [-0.2, -0.15) is 0 Å². The lowest BCUT2D eigenvalue weighted by molar-refractivity contribution is -0.128. The summed E-state index contributed by atoms with van der Waals surface area (Å²) in [6, 6.07) is 10.5. The van der Waals surface area contributed by atoms with Crippen molar-refractivity contribution in [3.8, 4) is 0 Å². The number of hydrogen-bond acceptors (Lipinski definition) is 2. The van der Waals surface area contributed by atoms with E-state index in [2.05, 4.69) is 36.2 Å². The first-order valence-electron chi connectivity index (χ1n) is 8.23. The van der Waals surface area contributed by atoms with Gasteiger partial charge in [0.15, 0.2) is 0 Å².